The third kappa shape index (κ3) is 6.83. The summed E-state index contributed by atoms with van der Waals surface area (Å²) in [5, 5.41) is 2.14. The molecule has 7 nitrogen and oxygen atoms in total. The van der Waals surface area contributed by atoms with Crippen molar-refractivity contribution in [1.82, 2.24) is 4.90 Å². The number of rotatable bonds is 9. The number of imide groups is 1. The summed E-state index contributed by atoms with van der Waals surface area (Å²) in [6.45, 7) is 2.02. The number of carbonyl (C=O) groups excluding carboxylic acids is 3. The quantitative estimate of drug-likeness (QED) is 0.248. The van der Waals surface area contributed by atoms with Crippen LogP contribution in [0.2, 0.25) is 0 Å². The second kappa shape index (κ2) is 12.6. The first kappa shape index (κ1) is 27.9. The van der Waals surface area contributed by atoms with Gasteiger partial charge in [0.2, 0.25) is 5.91 Å². The Morgan fingerprint density at radius 2 is 1.74 bits per heavy atom. The first-order valence-electron chi connectivity index (χ1n) is 11.4. The molecule has 1 heterocycles. The number of hydrogen-bond donors (Lipinski definition) is 1. The summed E-state index contributed by atoms with van der Waals surface area (Å²) < 4.78 is 26.2. The molecule has 196 valence electrons. The van der Waals surface area contributed by atoms with Crippen molar-refractivity contribution in [2.75, 3.05) is 18.5 Å². The van der Waals surface area contributed by atoms with Crippen LogP contribution in [0.3, 0.4) is 0 Å². The highest BCUT2D eigenvalue weighted by Crippen LogP contribution is 2.38. The number of ether oxygens (including phenoxy) is 2. The fourth-order valence-electron chi connectivity index (χ4n) is 3.50. The standard InChI is InChI=1S/C27H21Br2FN2O5S/c1-2-36-19-9-7-18(8-10-19)31-24(33)14-32-26(34)23(38-27(32)35)13-16-11-20(28)25(21(29)12-16)37-15-17-5-3-4-6-22(17)30/h3-13H,2,14-15H2,1H3,(H,31,33)/b23-13+. The molecule has 4 rings (SSSR count). The van der Waals surface area contributed by atoms with E-state index in [1.807, 2.05) is 6.92 Å². The van der Waals surface area contributed by atoms with Crippen LogP contribution in [0.25, 0.3) is 6.08 Å². The Balaban J connectivity index is 1.41. The molecule has 0 unspecified atom stereocenters. The smallest absolute Gasteiger partial charge is 0.294 e. The molecule has 3 amide bonds. The lowest BCUT2D eigenvalue weighted by Crippen LogP contribution is -2.36. The Morgan fingerprint density at radius 1 is 1.05 bits per heavy atom. The summed E-state index contributed by atoms with van der Waals surface area (Å²) in [6.07, 6.45) is 1.56. The molecule has 0 saturated carbocycles. The zero-order valence-electron chi connectivity index (χ0n) is 20.0. The van der Waals surface area contributed by atoms with Crippen molar-refractivity contribution >= 4 is 72.4 Å². The van der Waals surface area contributed by atoms with E-state index in [2.05, 4.69) is 37.2 Å². The van der Waals surface area contributed by atoms with Crippen LogP contribution in [0.15, 0.2) is 74.5 Å². The molecule has 0 aliphatic carbocycles. The molecule has 1 fully saturated rings. The highest BCUT2D eigenvalue weighted by molar-refractivity contribution is 9.11. The minimum Gasteiger partial charge on any atom is -0.494 e. The van der Waals surface area contributed by atoms with Crippen LogP contribution in [0.5, 0.6) is 11.5 Å². The summed E-state index contributed by atoms with van der Waals surface area (Å²) >= 11 is 7.65. The van der Waals surface area contributed by atoms with Gasteiger partial charge in [-0.1, -0.05) is 18.2 Å². The van der Waals surface area contributed by atoms with Crippen LogP contribution in [-0.4, -0.2) is 35.1 Å². The molecule has 0 atom stereocenters. The topological polar surface area (TPSA) is 84.9 Å². The first-order valence-corrected chi connectivity index (χ1v) is 13.8. The zero-order valence-corrected chi connectivity index (χ0v) is 24.0. The van der Waals surface area contributed by atoms with Crippen molar-refractivity contribution in [3.8, 4) is 11.5 Å². The monoisotopic (exact) mass is 662 g/mol. The number of nitrogens with zero attached hydrogens (tertiary/aromatic N) is 1. The van der Waals surface area contributed by atoms with E-state index < -0.39 is 23.6 Å². The predicted octanol–water partition coefficient (Wildman–Crippen LogP) is 7.00. The lowest BCUT2D eigenvalue weighted by molar-refractivity contribution is -0.127. The highest BCUT2D eigenvalue weighted by atomic mass is 79.9. The number of hydrogen-bond acceptors (Lipinski definition) is 6. The van der Waals surface area contributed by atoms with Crippen LogP contribution >= 0.6 is 43.6 Å². The van der Waals surface area contributed by atoms with Gasteiger partial charge in [0.1, 0.15) is 30.5 Å². The van der Waals surface area contributed by atoms with Crippen LogP contribution < -0.4 is 14.8 Å². The fraction of sp³-hybridized carbons (Fsp3) is 0.148. The minimum atomic E-state index is -0.561. The average Bonchev–Trinajstić information content (AvgIpc) is 3.13. The Kier molecular flexibility index (Phi) is 9.24. The molecule has 1 saturated heterocycles. The van der Waals surface area contributed by atoms with Crippen LogP contribution in [0.4, 0.5) is 14.9 Å². The normalized spacial score (nSPS) is 14.2. The van der Waals surface area contributed by atoms with Gasteiger partial charge in [0.15, 0.2) is 0 Å². The molecule has 0 spiro atoms. The molecule has 38 heavy (non-hydrogen) atoms. The summed E-state index contributed by atoms with van der Waals surface area (Å²) in [5.74, 6) is -0.289. The predicted molar refractivity (Wildman–Crippen MR) is 151 cm³/mol. The lowest BCUT2D eigenvalue weighted by Gasteiger charge is -2.13. The minimum absolute atomic E-state index is 0.0286. The van der Waals surface area contributed by atoms with Gasteiger partial charge in [-0.05, 0) is 105 Å². The molecule has 3 aromatic carbocycles. The molecular formula is C27H21Br2FN2O5S. The molecule has 0 bridgehead atoms. The molecule has 1 aliphatic heterocycles. The van der Waals surface area contributed by atoms with Gasteiger partial charge in [0.25, 0.3) is 11.1 Å². The number of carbonyl (C=O) groups is 3. The second-order valence-corrected chi connectivity index (χ2v) is 10.7. The van der Waals surface area contributed by atoms with E-state index in [-0.39, 0.29) is 17.3 Å². The number of benzene rings is 3. The number of nitrogens with one attached hydrogen (secondary N) is 1. The van der Waals surface area contributed by atoms with Crippen LogP contribution in [0.1, 0.15) is 18.1 Å². The van der Waals surface area contributed by atoms with Gasteiger partial charge in [-0.15, -0.1) is 0 Å². The van der Waals surface area contributed by atoms with Gasteiger partial charge >= 0.3 is 0 Å². The maximum atomic E-state index is 13.9. The van der Waals surface area contributed by atoms with Crippen LogP contribution in [-0.2, 0) is 16.2 Å². The van der Waals surface area contributed by atoms with Gasteiger partial charge in [0.05, 0.1) is 20.5 Å². The van der Waals surface area contributed by atoms with Gasteiger partial charge in [-0.3, -0.25) is 19.3 Å². The third-order valence-electron chi connectivity index (χ3n) is 5.27. The average molecular weight is 664 g/mol. The van der Waals surface area contributed by atoms with Crippen molar-refractivity contribution < 1.29 is 28.2 Å². The summed E-state index contributed by atoms with van der Waals surface area (Å²) in [5.41, 5.74) is 1.55. The zero-order chi connectivity index (χ0) is 27.2. The third-order valence-corrected chi connectivity index (χ3v) is 7.36. The lowest BCUT2D eigenvalue weighted by atomic mass is 10.2. The Morgan fingerprint density at radius 3 is 2.39 bits per heavy atom. The van der Waals surface area contributed by atoms with E-state index in [0.29, 0.717) is 43.9 Å². The van der Waals surface area contributed by atoms with E-state index in [1.165, 1.54) is 6.07 Å². The summed E-state index contributed by atoms with van der Waals surface area (Å²) in [4.78, 5) is 38.9. The maximum Gasteiger partial charge on any atom is 0.294 e. The van der Waals surface area contributed by atoms with E-state index in [0.717, 1.165) is 16.7 Å². The van der Waals surface area contributed by atoms with Gasteiger partial charge in [-0.25, -0.2) is 4.39 Å². The van der Waals surface area contributed by atoms with E-state index in [9.17, 15) is 18.8 Å². The first-order chi connectivity index (χ1) is 18.2. The van der Waals surface area contributed by atoms with E-state index >= 15 is 0 Å². The molecule has 11 heteroatoms. The van der Waals surface area contributed by atoms with Crippen molar-refractivity contribution in [2.45, 2.75) is 13.5 Å². The number of thioether (sulfide) groups is 1. The van der Waals surface area contributed by atoms with Crippen molar-refractivity contribution in [3.05, 3.63) is 91.5 Å². The van der Waals surface area contributed by atoms with Gasteiger partial charge in [-0.2, -0.15) is 0 Å². The molecule has 0 radical (unpaired) electrons. The molecule has 3 aromatic rings. The van der Waals surface area contributed by atoms with E-state index in [4.69, 9.17) is 9.47 Å². The van der Waals surface area contributed by atoms with Crippen molar-refractivity contribution in [2.24, 2.45) is 0 Å². The van der Waals surface area contributed by atoms with Gasteiger partial charge in [0, 0.05) is 11.3 Å². The Labute approximate surface area is 239 Å². The molecular weight excluding hydrogens is 643 g/mol. The molecule has 1 N–H and O–H groups in total. The number of amides is 3. The fourth-order valence-corrected chi connectivity index (χ4v) is 5.79. The number of halogens is 3. The Bertz CT molecular complexity index is 1390. The summed E-state index contributed by atoms with van der Waals surface area (Å²) in [6, 6.07) is 16.6. The van der Waals surface area contributed by atoms with E-state index in [1.54, 1.807) is 60.7 Å². The summed E-state index contributed by atoms with van der Waals surface area (Å²) in [7, 11) is 0. The van der Waals surface area contributed by atoms with Crippen molar-refractivity contribution in [3.63, 3.8) is 0 Å². The van der Waals surface area contributed by atoms with Crippen molar-refractivity contribution in [1.29, 1.82) is 0 Å². The highest BCUT2D eigenvalue weighted by Gasteiger charge is 2.36. The van der Waals surface area contributed by atoms with Gasteiger partial charge < -0.3 is 14.8 Å². The van der Waals surface area contributed by atoms with Crippen LogP contribution in [0, 0.1) is 5.82 Å². The maximum absolute atomic E-state index is 13.9. The SMILES string of the molecule is CCOc1ccc(NC(=O)CN2C(=O)S/C(=C/c3cc(Br)c(OCc4ccccc4F)c(Br)c3)C2=O)cc1. The largest absolute Gasteiger partial charge is 0.494 e. The number of anilines is 1. The molecule has 0 aromatic heterocycles. The molecule has 1 aliphatic rings. The second-order valence-electron chi connectivity index (χ2n) is 7.97. The Hall–Kier alpha value is -3.15.